The maximum atomic E-state index is 9.26. The van der Waals surface area contributed by atoms with Crippen molar-refractivity contribution >= 4 is 0 Å². The Hall–Kier alpha value is -0.0800. The first-order valence-electron chi connectivity index (χ1n) is 4.67. The Morgan fingerprint density at radius 3 is 1.55 bits per heavy atom. The van der Waals surface area contributed by atoms with Gasteiger partial charge in [-0.15, -0.1) is 0 Å². The van der Waals surface area contributed by atoms with Crippen LogP contribution < -0.4 is 0 Å². The van der Waals surface area contributed by atoms with Gasteiger partial charge in [0.15, 0.2) is 6.29 Å². The summed E-state index contributed by atoms with van der Waals surface area (Å²) < 4.78 is 0. The molecule has 0 heterocycles. The fraction of sp³-hybridized carbons (Fsp3) is 1.00. The Balaban J connectivity index is 1.73. The summed E-state index contributed by atoms with van der Waals surface area (Å²) in [5.74, 6) is 6.30. The van der Waals surface area contributed by atoms with Crippen molar-refractivity contribution in [2.24, 2.45) is 46.8 Å². The largest absolute Gasteiger partial charge is 0.368 e. The smallest absolute Gasteiger partial charge is 0.157 e. The molecule has 0 aliphatic heterocycles. The highest BCUT2D eigenvalue weighted by molar-refractivity contribution is 5.50. The van der Waals surface area contributed by atoms with Gasteiger partial charge in [-0.3, -0.25) is 0 Å². The molecule has 6 aliphatic rings. The predicted molar refractivity (Wildman–Crippen MR) is 35.1 cm³/mol. The van der Waals surface area contributed by atoms with Gasteiger partial charge in [0.1, 0.15) is 0 Å². The van der Waals surface area contributed by atoms with Crippen LogP contribution in [0.25, 0.3) is 0 Å². The van der Waals surface area contributed by atoms with E-state index in [1.165, 1.54) is 0 Å². The van der Waals surface area contributed by atoms with Crippen LogP contribution in [-0.2, 0) is 0 Å². The van der Waals surface area contributed by atoms with Gasteiger partial charge >= 0.3 is 0 Å². The molecule has 0 saturated heterocycles. The summed E-state index contributed by atoms with van der Waals surface area (Å²) in [5.41, 5.74) is 0.0781. The molecule has 0 radical (unpaired) electrons. The first-order valence-corrected chi connectivity index (χ1v) is 4.67. The topological polar surface area (TPSA) is 40.5 Å². The van der Waals surface area contributed by atoms with Crippen LogP contribution in [0, 0.1) is 46.8 Å². The Kier molecular flexibility index (Phi) is 0.387. The van der Waals surface area contributed by atoms with Gasteiger partial charge in [0.05, 0.1) is 0 Å². The summed E-state index contributed by atoms with van der Waals surface area (Å²) >= 11 is 0. The molecule has 0 aromatic carbocycles. The molecule has 6 fully saturated rings. The molecule has 0 atom stereocenters. The van der Waals surface area contributed by atoms with E-state index >= 15 is 0 Å². The number of aliphatic hydroxyl groups is 2. The monoisotopic (exact) mass is 150 g/mol. The van der Waals surface area contributed by atoms with E-state index in [0.29, 0.717) is 0 Å². The van der Waals surface area contributed by atoms with Gasteiger partial charge < -0.3 is 10.2 Å². The molecule has 0 aromatic rings. The van der Waals surface area contributed by atoms with Gasteiger partial charge in [0, 0.05) is 5.41 Å². The molecule has 58 valence electrons. The van der Waals surface area contributed by atoms with Crippen LogP contribution in [0.2, 0.25) is 0 Å². The van der Waals surface area contributed by atoms with Crippen molar-refractivity contribution in [2.75, 3.05) is 0 Å². The van der Waals surface area contributed by atoms with Crippen LogP contribution in [-0.4, -0.2) is 16.5 Å². The Labute approximate surface area is 64.2 Å². The highest BCUT2D eigenvalue weighted by atomic mass is 16.5. The molecule has 2 heteroatoms. The second kappa shape index (κ2) is 0.882. The molecule has 0 aromatic heterocycles. The fourth-order valence-corrected chi connectivity index (χ4v) is 6.04. The van der Waals surface area contributed by atoms with E-state index < -0.39 is 6.29 Å². The zero-order valence-corrected chi connectivity index (χ0v) is 6.01. The lowest BCUT2D eigenvalue weighted by molar-refractivity contribution is -0.638. The third-order valence-corrected chi connectivity index (χ3v) is 6.00. The SMILES string of the molecule is OC(O)C12C3C4C5C3C1C5C42. The van der Waals surface area contributed by atoms with Crippen molar-refractivity contribution in [3.8, 4) is 0 Å². The van der Waals surface area contributed by atoms with E-state index in [1.54, 1.807) is 0 Å². The van der Waals surface area contributed by atoms with E-state index in [0.717, 1.165) is 41.4 Å². The van der Waals surface area contributed by atoms with E-state index in [-0.39, 0.29) is 5.41 Å². The normalized spacial score (nSPS) is 89.2. The van der Waals surface area contributed by atoms with Crippen molar-refractivity contribution in [3.63, 3.8) is 0 Å². The molecule has 6 rings (SSSR count). The minimum Gasteiger partial charge on any atom is -0.368 e. The van der Waals surface area contributed by atoms with Crippen molar-refractivity contribution in [1.29, 1.82) is 0 Å². The maximum Gasteiger partial charge on any atom is 0.157 e. The average Bonchev–Trinajstić information content (AvgIpc) is 2.05. The van der Waals surface area contributed by atoms with Gasteiger partial charge in [-0.05, 0) is 41.4 Å². The summed E-state index contributed by atoms with van der Waals surface area (Å²) in [4.78, 5) is 0. The Bertz CT molecular complexity index is 245. The zero-order chi connectivity index (χ0) is 7.12. The molecular formula is C9H10O2. The van der Waals surface area contributed by atoms with Gasteiger partial charge in [-0.2, -0.15) is 0 Å². The van der Waals surface area contributed by atoms with Crippen LogP contribution in [0.15, 0.2) is 0 Å². The van der Waals surface area contributed by atoms with Crippen LogP contribution in [0.3, 0.4) is 0 Å². The van der Waals surface area contributed by atoms with E-state index in [9.17, 15) is 10.2 Å². The van der Waals surface area contributed by atoms with Crippen LogP contribution in [0.4, 0.5) is 0 Å². The molecule has 0 spiro atoms. The predicted octanol–water partition coefficient (Wildman–Crippen LogP) is -0.335. The second-order valence-corrected chi connectivity index (χ2v) is 5.26. The summed E-state index contributed by atoms with van der Waals surface area (Å²) in [6.07, 6.45) is -0.979. The second-order valence-electron chi connectivity index (χ2n) is 5.26. The van der Waals surface area contributed by atoms with Crippen LogP contribution in [0.1, 0.15) is 0 Å². The average molecular weight is 150 g/mol. The molecule has 2 N–H and O–H groups in total. The number of aliphatic hydroxyl groups excluding tert-OH is 1. The molecule has 2 nitrogen and oxygen atoms in total. The fourth-order valence-electron chi connectivity index (χ4n) is 6.04. The Morgan fingerprint density at radius 2 is 1.27 bits per heavy atom. The van der Waals surface area contributed by atoms with Crippen molar-refractivity contribution in [2.45, 2.75) is 6.29 Å². The molecule has 0 unspecified atom stereocenters. The highest BCUT2D eigenvalue weighted by Gasteiger charge is 3.05. The standard InChI is InChI=1S/C9H10O2/c10-8(11)9-5-2-1-3(5)7(9)4(1)6(2)9/h1-8,10-11H. The van der Waals surface area contributed by atoms with E-state index in [4.69, 9.17) is 0 Å². The molecular weight excluding hydrogens is 140 g/mol. The minimum atomic E-state index is -0.979. The van der Waals surface area contributed by atoms with Crippen molar-refractivity contribution < 1.29 is 10.2 Å². The molecule has 6 saturated carbocycles. The lowest BCUT2D eigenvalue weighted by Crippen LogP contribution is -3.07. The summed E-state index contributed by atoms with van der Waals surface area (Å²) in [5, 5.41) is 18.5. The summed E-state index contributed by atoms with van der Waals surface area (Å²) in [7, 11) is 0. The molecule has 11 heavy (non-hydrogen) atoms. The lowest BCUT2D eigenvalue weighted by atomic mass is 8.96. The van der Waals surface area contributed by atoms with Crippen LogP contribution in [0.5, 0.6) is 0 Å². The third-order valence-electron chi connectivity index (χ3n) is 6.00. The van der Waals surface area contributed by atoms with Crippen LogP contribution >= 0.6 is 0 Å². The number of hydrogen-bond acceptors (Lipinski definition) is 2. The van der Waals surface area contributed by atoms with Gasteiger partial charge in [0.2, 0.25) is 0 Å². The minimum absolute atomic E-state index is 0.0781. The van der Waals surface area contributed by atoms with E-state index in [1.807, 2.05) is 0 Å². The quantitative estimate of drug-likeness (QED) is 0.502. The van der Waals surface area contributed by atoms with Gasteiger partial charge in [-0.1, -0.05) is 0 Å². The number of rotatable bonds is 1. The molecule has 0 amide bonds. The number of hydrogen-bond donors (Lipinski definition) is 2. The molecule has 6 aliphatic carbocycles. The van der Waals surface area contributed by atoms with Crippen molar-refractivity contribution in [3.05, 3.63) is 0 Å². The Morgan fingerprint density at radius 1 is 0.818 bits per heavy atom. The third kappa shape index (κ3) is 0.173. The summed E-state index contributed by atoms with van der Waals surface area (Å²) in [6, 6.07) is 0. The zero-order valence-electron chi connectivity index (χ0n) is 6.01. The molecule has 0 bridgehead atoms. The van der Waals surface area contributed by atoms with Crippen molar-refractivity contribution in [1.82, 2.24) is 0 Å². The van der Waals surface area contributed by atoms with E-state index in [2.05, 4.69) is 0 Å². The lowest BCUT2D eigenvalue weighted by Gasteiger charge is -3.07. The first-order chi connectivity index (χ1) is 5.31. The maximum absolute atomic E-state index is 9.26. The van der Waals surface area contributed by atoms with Gasteiger partial charge in [0.25, 0.3) is 0 Å². The summed E-state index contributed by atoms with van der Waals surface area (Å²) in [6.45, 7) is 0. The van der Waals surface area contributed by atoms with Gasteiger partial charge in [-0.25, -0.2) is 0 Å². The first kappa shape index (κ1) is 4.83. The highest BCUT2D eigenvalue weighted by Crippen LogP contribution is 3.06.